The number of hydrogen-bond acceptors (Lipinski definition) is 10. The van der Waals surface area contributed by atoms with E-state index in [1.807, 2.05) is 49.6 Å². The van der Waals surface area contributed by atoms with Gasteiger partial charge in [0.2, 0.25) is 0 Å². The highest BCUT2D eigenvalue weighted by atomic mass is 15.1. The molecule has 0 spiro atoms. The summed E-state index contributed by atoms with van der Waals surface area (Å²) in [6, 6.07) is 21.7. The van der Waals surface area contributed by atoms with Crippen molar-refractivity contribution in [1.82, 2.24) is 50.1 Å². The third kappa shape index (κ3) is 40.9. The third-order valence-corrected chi connectivity index (χ3v) is 14.4. The van der Waals surface area contributed by atoms with Crippen LogP contribution in [0.15, 0.2) is 110 Å². The van der Waals surface area contributed by atoms with Gasteiger partial charge >= 0.3 is 0 Å². The van der Waals surface area contributed by atoms with E-state index in [9.17, 15) is 0 Å². The van der Waals surface area contributed by atoms with Crippen molar-refractivity contribution in [2.45, 2.75) is 355 Å². The van der Waals surface area contributed by atoms with Gasteiger partial charge in [-0.25, -0.2) is 19.9 Å². The van der Waals surface area contributed by atoms with Gasteiger partial charge in [0.1, 0.15) is 11.6 Å². The Balaban J connectivity index is -0.000000153. The van der Waals surface area contributed by atoms with E-state index in [2.05, 4.69) is 325 Å². The summed E-state index contributed by atoms with van der Waals surface area (Å²) in [6.45, 7) is 67.1. The quantitative estimate of drug-likeness (QED) is 0.123. The fraction of sp³-hybridized carbons (Fsp3) is 0.624. The van der Waals surface area contributed by atoms with Crippen LogP contribution < -0.4 is 0 Å². The van der Waals surface area contributed by atoms with Crippen LogP contribution in [0.2, 0.25) is 0 Å². The van der Waals surface area contributed by atoms with Crippen LogP contribution in [0.3, 0.4) is 0 Å². The van der Waals surface area contributed by atoms with Gasteiger partial charge in [0.05, 0.1) is 22.8 Å². The predicted molar refractivity (Wildman–Crippen MR) is 428 cm³/mol. The Hall–Kier alpha value is -6.16. The molecule has 6 aromatic heterocycles. The molecule has 544 valence electrons. The number of hydrogen-bond donors (Lipinski definition) is 0. The maximum atomic E-state index is 4.52. The first-order valence-corrected chi connectivity index (χ1v) is 32.5. The first-order chi connectivity index (χ1) is 40.2. The molecular formula is C85H154N10. The lowest BCUT2D eigenvalue weighted by molar-refractivity contribution is 0.556. The third-order valence-electron chi connectivity index (χ3n) is 14.4. The Morgan fingerprint density at radius 3 is 0.695 bits per heavy atom. The van der Waals surface area contributed by atoms with Crippen molar-refractivity contribution in [3.05, 3.63) is 189 Å². The molecule has 7 rings (SSSR count). The van der Waals surface area contributed by atoms with E-state index >= 15 is 0 Å². The summed E-state index contributed by atoms with van der Waals surface area (Å²) in [6.07, 6.45) is 15.4. The van der Waals surface area contributed by atoms with E-state index < -0.39 is 0 Å². The lowest BCUT2D eigenvalue weighted by atomic mass is 9.86. The van der Waals surface area contributed by atoms with Gasteiger partial charge in [0.15, 0.2) is 0 Å². The van der Waals surface area contributed by atoms with Crippen LogP contribution in [0.5, 0.6) is 0 Å². The van der Waals surface area contributed by atoms with E-state index in [1.54, 1.807) is 0 Å². The van der Waals surface area contributed by atoms with E-state index in [0.717, 1.165) is 40.1 Å². The topological polar surface area (TPSA) is 129 Å². The normalized spacial score (nSPS) is 10.6. The van der Waals surface area contributed by atoms with E-state index in [4.69, 9.17) is 0 Å². The second-order valence-electron chi connectivity index (χ2n) is 29.5. The summed E-state index contributed by atoms with van der Waals surface area (Å²) in [5.41, 5.74) is 15.1. The fourth-order valence-corrected chi connectivity index (χ4v) is 7.55. The summed E-state index contributed by atoms with van der Waals surface area (Å²) in [5.74, 6) is 7.38. The van der Waals surface area contributed by atoms with Crippen LogP contribution in [-0.2, 0) is 16.2 Å². The minimum absolute atomic E-state index is 0. The molecule has 6 heterocycles. The highest BCUT2D eigenvalue weighted by Crippen LogP contribution is 2.27. The molecule has 0 aliphatic carbocycles. The molecule has 1 aromatic carbocycles. The molecular weight excluding hydrogens is 1160 g/mol. The highest BCUT2D eigenvalue weighted by Gasteiger charge is 2.19. The Labute approximate surface area is 591 Å². The lowest BCUT2D eigenvalue weighted by Gasteiger charge is -2.22. The molecule has 0 radical (unpaired) electrons. The van der Waals surface area contributed by atoms with E-state index in [-0.39, 0.29) is 75.7 Å². The number of pyridine rings is 2. The van der Waals surface area contributed by atoms with Gasteiger partial charge in [0, 0.05) is 78.2 Å². The number of benzene rings is 1. The van der Waals surface area contributed by atoms with Crippen LogP contribution in [0.1, 0.15) is 418 Å². The van der Waals surface area contributed by atoms with Gasteiger partial charge in [-0.15, -0.1) is 0 Å². The zero-order chi connectivity index (χ0) is 66.7. The van der Waals surface area contributed by atoms with Gasteiger partial charge in [-0.1, -0.05) is 310 Å². The van der Waals surface area contributed by atoms with Crippen molar-refractivity contribution in [3.8, 4) is 0 Å². The van der Waals surface area contributed by atoms with Crippen molar-refractivity contribution in [3.63, 3.8) is 0 Å². The van der Waals surface area contributed by atoms with Crippen LogP contribution >= 0.6 is 0 Å². The maximum absolute atomic E-state index is 4.52. The van der Waals surface area contributed by atoms with Gasteiger partial charge in [-0.05, 0) is 122 Å². The highest BCUT2D eigenvalue weighted by molar-refractivity contribution is 5.29. The molecule has 0 aliphatic rings. The molecule has 0 N–H and O–H groups in total. The second kappa shape index (κ2) is 50.2. The Bertz CT molecular complexity index is 2390. The Morgan fingerprint density at radius 1 is 0.211 bits per heavy atom. The van der Waals surface area contributed by atoms with Crippen molar-refractivity contribution in [2.75, 3.05) is 0 Å². The molecule has 10 heteroatoms. The minimum Gasteiger partial charge on any atom is -0.261 e. The van der Waals surface area contributed by atoms with Crippen LogP contribution in [0.4, 0.5) is 0 Å². The van der Waals surface area contributed by atoms with E-state index in [0.29, 0.717) is 65.1 Å². The van der Waals surface area contributed by atoms with Crippen LogP contribution in [-0.4, -0.2) is 50.1 Å². The van der Waals surface area contributed by atoms with Crippen molar-refractivity contribution >= 4 is 0 Å². The van der Waals surface area contributed by atoms with Crippen molar-refractivity contribution < 1.29 is 0 Å². The first kappa shape index (κ1) is 105. The molecule has 0 atom stereocenters. The summed E-state index contributed by atoms with van der Waals surface area (Å²) in [7, 11) is 0. The number of rotatable bonds is 11. The van der Waals surface area contributed by atoms with Crippen LogP contribution in [0, 0.1) is 0 Å². The molecule has 0 saturated carbocycles. The Morgan fingerprint density at radius 2 is 0.484 bits per heavy atom. The zero-order valence-electron chi connectivity index (χ0n) is 60.7. The predicted octanol–water partition coefficient (Wildman–Crippen LogP) is 27.1. The monoisotopic (exact) mass is 1320 g/mol. The summed E-state index contributed by atoms with van der Waals surface area (Å²) < 4.78 is 0. The average molecular weight is 1320 g/mol. The van der Waals surface area contributed by atoms with E-state index in [1.165, 1.54) is 39.1 Å². The smallest absolute Gasteiger partial charge is 0.130 e. The van der Waals surface area contributed by atoms with Crippen molar-refractivity contribution in [2.24, 2.45) is 0 Å². The molecule has 7 aromatic rings. The average Bonchev–Trinajstić information content (AvgIpc) is 1.07. The lowest BCUT2D eigenvalue weighted by Crippen LogP contribution is -2.16. The minimum atomic E-state index is 0. The molecule has 0 aliphatic heterocycles. The summed E-state index contributed by atoms with van der Waals surface area (Å²) in [4.78, 5) is 34.7. The molecule has 0 bridgehead atoms. The standard InChI is InChI=1S/C13H21N.C13H20.C11H17N.4C10H16N2.8CH4/c1-12(2,3)10-7-8-11(14-9-10)13(4,5)6;1-10(2)11-6-8-12(9-7-11)13(3,4)5;1-8(2)10-5-6-11(9(3)4)12-7-10;1-7(2)9-5-12-10(6-11-9)8(3)4;2*1-7(2)9-5-11-10(8(3)4)12-6-9;1-7(2)9-5-6-10(8(3)4)12-11-9;;;;;;;;/h7-9H,1-6H3;6-10H,1-5H3;5-9H,1-4H3;4*5-8H,1-4H3;8*1H4. The number of nitrogens with zero attached hydrogens (tertiary/aromatic N) is 10. The van der Waals surface area contributed by atoms with Crippen LogP contribution in [0.25, 0.3) is 0 Å². The Kier molecular flexibility index (Phi) is 55.5. The first-order valence-electron chi connectivity index (χ1n) is 32.5. The molecule has 0 fully saturated rings. The largest absolute Gasteiger partial charge is 0.261 e. The van der Waals surface area contributed by atoms with Gasteiger partial charge < -0.3 is 0 Å². The summed E-state index contributed by atoms with van der Waals surface area (Å²) >= 11 is 0. The zero-order valence-corrected chi connectivity index (χ0v) is 60.7. The fourth-order valence-electron chi connectivity index (χ4n) is 7.55. The SMILES string of the molecule is C.C.C.C.C.C.C.C.CC(C)(C)c1ccc(C(C)(C)C)nc1.CC(C)c1ccc(C(C)(C)C)cc1.CC(C)c1ccc(C(C)C)nc1.CC(C)c1ccc(C(C)C)nn1.CC(C)c1cnc(C(C)C)cn1.CC(C)c1cnc(C(C)C)nc1.CC(C)c1cnc(C(C)C)nc1. The molecule has 0 amide bonds. The summed E-state index contributed by atoms with van der Waals surface area (Å²) in [5, 5.41) is 8.30. The number of aromatic nitrogens is 10. The molecule has 95 heavy (non-hydrogen) atoms. The van der Waals surface area contributed by atoms with Gasteiger partial charge in [0.25, 0.3) is 0 Å². The van der Waals surface area contributed by atoms with Crippen molar-refractivity contribution in [1.29, 1.82) is 0 Å². The maximum Gasteiger partial charge on any atom is 0.130 e. The second-order valence-corrected chi connectivity index (χ2v) is 29.5. The molecule has 0 unspecified atom stereocenters. The van der Waals surface area contributed by atoms with Gasteiger partial charge in [-0.3, -0.25) is 19.9 Å². The van der Waals surface area contributed by atoms with Gasteiger partial charge in [-0.2, -0.15) is 10.2 Å². The molecule has 0 saturated heterocycles. The molecule has 10 nitrogen and oxygen atoms in total.